The molecule has 6 nitrogen and oxygen atoms in total. The van der Waals surface area contributed by atoms with Crippen LogP contribution in [0.5, 0.6) is 5.75 Å². The Hall–Kier alpha value is -3.90. The van der Waals surface area contributed by atoms with E-state index in [0.717, 1.165) is 29.5 Å². The topological polar surface area (TPSA) is 84.3 Å². The van der Waals surface area contributed by atoms with Crippen LogP contribution >= 0.6 is 11.3 Å². The number of aryl methyl sites for hydroxylation is 1. The lowest BCUT2D eigenvalue weighted by Gasteiger charge is -2.31. The minimum atomic E-state index is -5.24. The van der Waals surface area contributed by atoms with Crippen LogP contribution in [0.4, 0.5) is 22.0 Å². The van der Waals surface area contributed by atoms with Gasteiger partial charge in [-0.1, -0.05) is 19.1 Å². The Balaban J connectivity index is 1.50. The maximum absolute atomic E-state index is 14.5. The normalized spacial score (nSPS) is 16.2. The van der Waals surface area contributed by atoms with Gasteiger partial charge in [0, 0.05) is 22.6 Å². The molecular weight excluding hydrogens is 553 g/mol. The van der Waals surface area contributed by atoms with Crippen LogP contribution in [0, 0.1) is 18.6 Å². The van der Waals surface area contributed by atoms with E-state index < -0.39 is 41.6 Å². The molecule has 3 heterocycles. The molecule has 0 saturated heterocycles. The van der Waals surface area contributed by atoms with Crippen molar-refractivity contribution in [2.24, 2.45) is 0 Å². The van der Waals surface area contributed by atoms with Crippen LogP contribution < -0.4 is 10.1 Å². The number of ether oxygens (including phenoxy) is 1. The molecule has 2 aromatic heterocycles. The van der Waals surface area contributed by atoms with Crippen molar-refractivity contribution in [3.63, 3.8) is 0 Å². The van der Waals surface area contributed by atoms with Crippen molar-refractivity contribution in [2.45, 2.75) is 31.5 Å². The quantitative estimate of drug-likeness (QED) is 0.270. The zero-order valence-corrected chi connectivity index (χ0v) is 22.0. The molecule has 1 aliphatic rings. The molecule has 2 N–H and O–H groups in total. The van der Waals surface area contributed by atoms with E-state index in [1.54, 1.807) is 13.0 Å². The average molecular weight is 576 g/mol. The molecule has 1 aliphatic heterocycles. The summed E-state index contributed by atoms with van der Waals surface area (Å²) in [5.41, 5.74) is -3.29. The molecule has 4 aromatic rings. The highest BCUT2D eigenvalue weighted by Crippen LogP contribution is 2.45. The fraction of sp³-hybridized carbons (Fsp3) is 0.250. The van der Waals surface area contributed by atoms with Gasteiger partial charge in [0.15, 0.2) is 0 Å². The molecule has 1 amide bonds. The molecule has 0 spiro atoms. The molecule has 40 heavy (non-hydrogen) atoms. The Kier molecular flexibility index (Phi) is 7.09. The van der Waals surface area contributed by atoms with E-state index in [9.17, 15) is 31.9 Å². The van der Waals surface area contributed by atoms with E-state index in [1.807, 2.05) is 0 Å². The van der Waals surface area contributed by atoms with Crippen molar-refractivity contribution in [1.82, 2.24) is 15.3 Å². The molecule has 5 rings (SSSR count). The Labute approximate surface area is 229 Å². The minimum Gasteiger partial charge on any atom is -0.490 e. The van der Waals surface area contributed by atoms with Crippen LogP contribution in [0.3, 0.4) is 0 Å². The Morgan fingerprint density at radius 3 is 2.50 bits per heavy atom. The Morgan fingerprint density at radius 2 is 1.82 bits per heavy atom. The summed E-state index contributed by atoms with van der Waals surface area (Å²) in [7, 11) is 0. The van der Waals surface area contributed by atoms with Gasteiger partial charge in [-0.05, 0) is 49.4 Å². The lowest BCUT2D eigenvalue weighted by atomic mass is 9.92. The van der Waals surface area contributed by atoms with Gasteiger partial charge in [0.2, 0.25) is 5.60 Å². The number of pyridine rings is 1. The number of rotatable bonds is 6. The lowest BCUT2D eigenvalue weighted by molar-refractivity contribution is -0.265. The maximum atomic E-state index is 14.5. The van der Waals surface area contributed by atoms with Crippen LogP contribution in [-0.2, 0) is 5.60 Å². The van der Waals surface area contributed by atoms with Gasteiger partial charge in [0.05, 0.1) is 24.5 Å². The monoisotopic (exact) mass is 575 g/mol. The Bertz CT molecular complexity index is 1590. The van der Waals surface area contributed by atoms with Crippen LogP contribution in [0.2, 0.25) is 0 Å². The van der Waals surface area contributed by atoms with Crippen LogP contribution in [-0.4, -0.2) is 40.3 Å². The molecule has 2 aromatic carbocycles. The minimum absolute atomic E-state index is 0.0127. The number of hydrogen-bond donors (Lipinski definition) is 2. The molecule has 0 saturated carbocycles. The number of halogens is 5. The van der Waals surface area contributed by atoms with E-state index in [1.165, 1.54) is 37.3 Å². The van der Waals surface area contributed by atoms with Crippen LogP contribution in [0.15, 0.2) is 54.6 Å². The first kappa shape index (κ1) is 27.7. The second-order valence-corrected chi connectivity index (χ2v) is 10.4. The standard InChI is InChI=1S/C28H22F5N3O3S/c1-14-12-39-23-19(14)11-21(36-22(23)16-7-9-17(29)10-8-16)27(38,28(31,32)33)13-34-25(37)24-15(2)35-26(40-24)18-5-3-4-6-20(18)30/h3-11,14,38H,12-13H2,1-2H3,(H,34,37)/t14-,27+/m1/s1. The zero-order valence-electron chi connectivity index (χ0n) is 21.1. The van der Waals surface area contributed by atoms with Crippen molar-refractivity contribution in [1.29, 1.82) is 0 Å². The Morgan fingerprint density at radius 1 is 1.12 bits per heavy atom. The molecule has 0 unspecified atom stereocenters. The molecule has 0 aliphatic carbocycles. The summed E-state index contributed by atoms with van der Waals surface area (Å²) >= 11 is 0.817. The third-order valence-corrected chi connectivity index (χ3v) is 7.82. The second-order valence-electron chi connectivity index (χ2n) is 9.45. The van der Waals surface area contributed by atoms with E-state index in [-0.39, 0.29) is 45.1 Å². The molecule has 208 valence electrons. The van der Waals surface area contributed by atoms with Gasteiger partial charge >= 0.3 is 6.18 Å². The summed E-state index contributed by atoms with van der Waals surface area (Å²) in [6.07, 6.45) is -5.24. The summed E-state index contributed by atoms with van der Waals surface area (Å²) in [6.45, 7) is 2.15. The second kappa shape index (κ2) is 10.3. The van der Waals surface area contributed by atoms with Gasteiger partial charge in [-0.15, -0.1) is 11.3 Å². The number of nitrogens with one attached hydrogen (secondary N) is 1. The van der Waals surface area contributed by atoms with E-state index in [0.29, 0.717) is 11.1 Å². The van der Waals surface area contributed by atoms with Gasteiger partial charge in [0.1, 0.15) is 33.0 Å². The summed E-state index contributed by atoms with van der Waals surface area (Å²) in [4.78, 5) is 21.3. The number of nitrogens with zero attached hydrogens (tertiary/aromatic N) is 2. The smallest absolute Gasteiger partial charge is 0.424 e. The van der Waals surface area contributed by atoms with Crippen molar-refractivity contribution >= 4 is 17.2 Å². The number of thiazole rings is 1. The fourth-order valence-corrected chi connectivity index (χ4v) is 5.38. The number of alkyl halides is 3. The number of carbonyl (C=O) groups excluding carboxylic acids is 1. The first-order valence-electron chi connectivity index (χ1n) is 12.1. The third kappa shape index (κ3) is 4.92. The number of benzene rings is 2. The number of aromatic nitrogens is 2. The van der Waals surface area contributed by atoms with Gasteiger partial charge in [0.25, 0.3) is 5.91 Å². The molecule has 0 radical (unpaired) electrons. The summed E-state index contributed by atoms with van der Waals surface area (Å²) < 4.78 is 76.8. The van der Waals surface area contributed by atoms with Gasteiger partial charge in [-0.2, -0.15) is 13.2 Å². The fourth-order valence-electron chi connectivity index (χ4n) is 4.37. The van der Waals surface area contributed by atoms with Crippen molar-refractivity contribution in [3.8, 4) is 27.6 Å². The summed E-state index contributed by atoms with van der Waals surface area (Å²) in [5.74, 6) is -2.08. The predicted molar refractivity (Wildman–Crippen MR) is 138 cm³/mol. The number of hydrogen-bond acceptors (Lipinski definition) is 6. The molecular formula is C28H22F5N3O3S. The largest absolute Gasteiger partial charge is 0.490 e. The highest BCUT2D eigenvalue weighted by molar-refractivity contribution is 7.17. The van der Waals surface area contributed by atoms with Gasteiger partial charge < -0.3 is 15.2 Å². The third-order valence-electron chi connectivity index (χ3n) is 6.63. The maximum Gasteiger partial charge on any atom is 0.424 e. The number of fused-ring (bicyclic) bond motifs is 1. The van der Waals surface area contributed by atoms with Crippen molar-refractivity contribution in [3.05, 3.63) is 88.1 Å². The molecule has 2 atom stereocenters. The number of aliphatic hydroxyl groups is 1. The van der Waals surface area contributed by atoms with Crippen LogP contribution in [0.1, 0.15) is 39.5 Å². The SMILES string of the molecule is Cc1nc(-c2ccccc2F)sc1C(=O)NC[C@](O)(c1cc2c(c(-c3ccc(F)cc3)n1)OC[C@H]2C)C(F)(F)F. The zero-order chi connectivity index (χ0) is 28.8. The highest BCUT2D eigenvalue weighted by Gasteiger charge is 2.57. The van der Waals surface area contributed by atoms with Gasteiger partial charge in [-0.25, -0.2) is 18.7 Å². The number of carbonyl (C=O) groups is 1. The molecule has 12 heteroatoms. The number of amides is 1. The van der Waals surface area contributed by atoms with E-state index >= 15 is 0 Å². The van der Waals surface area contributed by atoms with E-state index in [2.05, 4.69) is 15.3 Å². The first-order valence-corrected chi connectivity index (χ1v) is 12.9. The summed E-state index contributed by atoms with van der Waals surface area (Å²) in [6, 6.07) is 11.9. The molecule has 0 fully saturated rings. The van der Waals surface area contributed by atoms with Crippen molar-refractivity contribution in [2.75, 3.05) is 13.2 Å². The highest BCUT2D eigenvalue weighted by atomic mass is 32.1. The lowest BCUT2D eigenvalue weighted by Crippen LogP contribution is -2.51. The first-order chi connectivity index (χ1) is 18.9. The molecule has 0 bridgehead atoms. The van der Waals surface area contributed by atoms with Crippen LogP contribution in [0.25, 0.3) is 21.8 Å². The summed E-state index contributed by atoms with van der Waals surface area (Å²) in [5, 5.41) is 13.4. The van der Waals surface area contributed by atoms with Gasteiger partial charge in [-0.3, -0.25) is 4.79 Å². The average Bonchev–Trinajstić information content (AvgIpc) is 3.49. The van der Waals surface area contributed by atoms with E-state index in [4.69, 9.17) is 4.74 Å². The predicted octanol–water partition coefficient (Wildman–Crippen LogP) is 6.13. The van der Waals surface area contributed by atoms with Crippen molar-refractivity contribution < 1.29 is 36.6 Å².